The van der Waals surface area contributed by atoms with Gasteiger partial charge in [-0.3, -0.25) is 13.8 Å². The number of quaternary nitrogens is 1. The van der Waals surface area contributed by atoms with Crippen LogP contribution in [0.15, 0.2) is 85.1 Å². The van der Waals surface area contributed by atoms with Gasteiger partial charge < -0.3 is 19.8 Å². The van der Waals surface area contributed by atoms with Gasteiger partial charge in [0.25, 0.3) is 0 Å². The number of unbranched alkanes of at least 4 members (excludes halogenated alkanes) is 30. The van der Waals surface area contributed by atoms with Gasteiger partial charge in [0.1, 0.15) is 13.2 Å². The quantitative estimate of drug-likeness (QED) is 0.0243. The van der Waals surface area contributed by atoms with Crippen LogP contribution in [-0.4, -0.2) is 73.4 Å². The van der Waals surface area contributed by atoms with E-state index in [1.807, 2.05) is 27.2 Å². The number of nitrogens with zero attached hydrogens (tertiary/aromatic N) is 1. The van der Waals surface area contributed by atoms with E-state index in [2.05, 4.69) is 92.1 Å². The highest BCUT2D eigenvalue weighted by atomic mass is 31.2. The van der Waals surface area contributed by atoms with Crippen molar-refractivity contribution >= 4 is 13.7 Å². The number of phosphoric acid groups is 1. The molecule has 1 amide bonds. The summed E-state index contributed by atoms with van der Waals surface area (Å²) in [5.74, 6) is -0.177. The van der Waals surface area contributed by atoms with Crippen molar-refractivity contribution in [1.29, 1.82) is 0 Å². The van der Waals surface area contributed by atoms with E-state index in [4.69, 9.17) is 9.05 Å². The fourth-order valence-electron chi connectivity index (χ4n) is 8.64. The Kier molecular flexibility index (Phi) is 52.7. The van der Waals surface area contributed by atoms with Crippen LogP contribution in [0.4, 0.5) is 0 Å². The predicted octanol–water partition coefficient (Wildman–Crippen LogP) is 18.8. The zero-order valence-corrected chi connectivity index (χ0v) is 49.3. The molecule has 0 spiro atoms. The first-order chi connectivity index (χ1) is 35.5. The third-order valence-corrected chi connectivity index (χ3v) is 14.4. The van der Waals surface area contributed by atoms with E-state index in [0.29, 0.717) is 17.4 Å². The highest BCUT2D eigenvalue weighted by Gasteiger charge is 2.27. The summed E-state index contributed by atoms with van der Waals surface area (Å²) in [5.41, 5.74) is 0. The lowest BCUT2D eigenvalue weighted by atomic mass is 10.0. The maximum Gasteiger partial charge on any atom is 0.472 e. The Balaban J connectivity index is 3.84. The minimum absolute atomic E-state index is 0.0609. The zero-order valence-electron chi connectivity index (χ0n) is 48.4. The van der Waals surface area contributed by atoms with Gasteiger partial charge in [-0.05, 0) is 70.6 Å². The molecule has 9 heteroatoms. The van der Waals surface area contributed by atoms with Gasteiger partial charge in [0.05, 0.1) is 39.9 Å². The number of carbonyl (C=O) groups excluding carboxylic acids is 1. The number of carbonyl (C=O) groups is 1. The third kappa shape index (κ3) is 57.2. The van der Waals surface area contributed by atoms with E-state index in [9.17, 15) is 19.4 Å². The fourth-order valence-corrected chi connectivity index (χ4v) is 9.37. The molecule has 0 saturated heterocycles. The molecule has 0 aromatic heterocycles. The van der Waals surface area contributed by atoms with Crippen LogP contribution in [0.5, 0.6) is 0 Å². The Morgan fingerprint density at radius 2 is 0.822 bits per heavy atom. The van der Waals surface area contributed by atoms with Crippen molar-refractivity contribution in [2.75, 3.05) is 40.9 Å². The van der Waals surface area contributed by atoms with Crippen molar-refractivity contribution in [2.24, 2.45) is 0 Å². The molecular formula is C64H118N2O6P+. The van der Waals surface area contributed by atoms with Crippen molar-refractivity contribution in [3.05, 3.63) is 85.1 Å². The number of hydrogen-bond donors (Lipinski definition) is 3. The average Bonchev–Trinajstić information content (AvgIpc) is 3.35. The molecule has 0 fully saturated rings. The molecule has 3 unspecified atom stereocenters. The van der Waals surface area contributed by atoms with Gasteiger partial charge >= 0.3 is 7.82 Å². The van der Waals surface area contributed by atoms with Crippen LogP contribution in [0.25, 0.3) is 0 Å². The van der Waals surface area contributed by atoms with Crippen LogP contribution in [-0.2, 0) is 18.4 Å². The highest BCUT2D eigenvalue weighted by Crippen LogP contribution is 2.43. The third-order valence-electron chi connectivity index (χ3n) is 13.4. The van der Waals surface area contributed by atoms with Crippen molar-refractivity contribution in [2.45, 2.75) is 276 Å². The van der Waals surface area contributed by atoms with Crippen LogP contribution in [0.1, 0.15) is 264 Å². The van der Waals surface area contributed by atoms with E-state index in [1.165, 1.54) is 167 Å². The summed E-state index contributed by atoms with van der Waals surface area (Å²) < 4.78 is 23.6. The molecule has 0 aliphatic heterocycles. The smallest absolute Gasteiger partial charge is 0.387 e. The summed E-state index contributed by atoms with van der Waals surface area (Å²) in [6.45, 7) is 4.68. The van der Waals surface area contributed by atoms with Gasteiger partial charge in [0.2, 0.25) is 5.91 Å². The van der Waals surface area contributed by atoms with Gasteiger partial charge in [-0.2, -0.15) is 0 Å². The summed E-state index contributed by atoms with van der Waals surface area (Å²) in [6, 6.07) is -0.845. The lowest BCUT2D eigenvalue weighted by molar-refractivity contribution is -0.870. The second-order valence-electron chi connectivity index (χ2n) is 21.7. The molecule has 73 heavy (non-hydrogen) atoms. The average molecular weight is 1040 g/mol. The van der Waals surface area contributed by atoms with E-state index in [1.54, 1.807) is 6.08 Å². The fraction of sp³-hybridized carbons (Fsp3) is 0.766. The molecule has 0 heterocycles. The first kappa shape index (κ1) is 70.7. The van der Waals surface area contributed by atoms with E-state index in [0.717, 1.165) is 77.0 Å². The van der Waals surface area contributed by atoms with Crippen LogP contribution in [0.3, 0.4) is 0 Å². The SMILES string of the molecule is CC/C=C\C/C=C\C/C=C\C/C=C\C/C=C\C/C=C\CCCCCCCCCCCCCCCCCCCCCCCCC(=O)NC(COP(=O)(O)OCC[N+](C)(C)C)C(O)/C=C/CCCCCCCCCC. The number of hydrogen-bond acceptors (Lipinski definition) is 5. The maximum absolute atomic E-state index is 12.9. The number of aliphatic hydroxyl groups is 1. The van der Waals surface area contributed by atoms with Gasteiger partial charge in [-0.1, -0.05) is 272 Å². The zero-order chi connectivity index (χ0) is 53.5. The van der Waals surface area contributed by atoms with Crippen LogP contribution in [0, 0.1) is 0 Å². The lowest BCUT2D eigenvalue weighted by Crippen LogP contribution is -2.45. The summed E-state index contributed by atoms with van der Waals surface area (Å²) in [4.78, 5) is 23.2. The molecule has 0 aromatic carbocycles. The number of amides is 1. The summed E-state index contributed by atoms with van der Waals surface area (Å²) in [6.07, 6.45) is 77.2. The van der Waals surface area contributed by atoms with Gasteiger partial charge in [-0.15, -0.1) is 0 Å². The number of aliphatic hydroxyl groups excluding tert-OH is 1. The van der Waals surface area contributed by atoms with Crippen molar-refractivity contribution in [3.8, 4) is 0 Å². The maximum atomic E-state index is 12.9. The molecule has 0 rings (SSSR count). The molecule has 0 aliphatic carbocycles. The molecule has 3 atom stereocenters. The summed E-state index contributed by atoms with van der Waals surface area (Å²) in [5, 5.41) is 13.8. The Labute approximate surface area is 452 Å². The molecule has 424 valence electrons. The molecule has 3 N–H and O–H groups in total. The largest absolute Gasteiger partial charge is 0.472 e. The summed E-state index contributed by atoms with van der Waals surface area (Å²) in [7, 11) is 1.57. The monoisotopic (exact) mass is 1040 g/mol. The second kappa shape index (κ2) is 54.5. The van der Waals surface area contributed by atoms with E-state index in [-0.39, 0.29) is 19.1 Å². The number of nitrogens with one attached hydrogen (secondary N) is 1. The minimum atomic E-state index is -4.34. The molecular weight excluding hydrogens is 924 g/mol. The first-order valence-electron chi connectivity index (χ1n) is 30.5. The Morgan fingerprint density at radius 3 is 1.21 bits per heavy atom. The summed E-state index contributed by atoms with van der Waals surface area (Å²) >= 11 is 0. The predicted molar refractivity (Wildman–Crippen MR) is 318 cm³/mol. The Morgan fingerprint density at radius 1 is 0.479 bits per heavy atom. The Bertz CT molecular complexity index is 1460. The number of phosphoric ester groups is 1. The van der Waals surface area contributed by atoms with Gasteiger partial charge in [-0.25, -0.2) is 4.57 Å². The molecule has 0 aliphatic rings. The number of rotatable bonds is 55. The molecule has 0 bridgehead atoms. The van der Waals surface area contributed by atoms with Crippen LogP contribution < -0.4 is 5.32 Å². The van der Waals surface area contributed by atoms with Crippen molar-refractivity contribution < 1.29 is 32.9 Å². The van der Waals surface area contributed by atoms with Crippen molar-refractivity contribution in [3.63, 3.8) is 0 Å². The first-order valence-corrected chi connectivity index (χ1v) is 32.0. The standard InChI is InChI=1S/C64H117N2O6P/c1-6-8-10-12-14-16-18-19-20-21-22-23-24-25-26-27-28-29-30-31-32-33-34-35-36-37-38-39-40-41-42-43-44-45-46-47-48-50-52-54-56-58-64(68)65-62(61-72-73(69,70)71-60-59-66(3,4)5)63(67)57-55-53-51-49-17-15-13-11-9-7-2/h8,10,14,16,19-20,22-23,25-26,28-29,55,57,62-63,67H,6-7,9,11-13,15,17-18,21,24,27,30-54,56,58-61H2,1-5H3,(H-,65,68,69,70)/p+1/b10-8-,16-14-,20-19-,23-22-,26-25-,29-28-,57-55+. The lowest BCUT2D eigenvalue weighted by Gasteiger charge is -2.25. The normalized spacial score (nSPS) is 14.5. The minimum Gasteiger partial charge on any atom is -0.387 e. The molecule has 8 nitrogen and oxygen atoms in total. The van der Waals surface area contributed by atoms with Crippen molar-refractivity contribution in [1.82, 2.24) is 5.32 Å². The number of likely N-dealkylation sites (N-methyl/N-ethyl adjacent to an activating group) is 1. The van der Waals surface area contributed by atoms with Crippen LogP contribution in [0.2, 0.25) is 0 Å². The second-order valence-corrected chi connectivity index (χ2v) is 23.2. The highest BCUT2D eigenvalue weighted by molar-refractivity contribution is 7.47. The topological polar surface area (TPSA) is 105 Å². The van der Waals surface area contributed by atoms with E-state index >= 15 is 0 Å². The molecule has 0 aromatic rings. The van der Waals surface area contributed by atoms with E-state index < -0.39 is 20.0 Å². The van der Waals surface area contributed by atoms with Gasteiger partial charge in [0, 0.05) is 6.42 Å². The molecule has 0 saturated carbocycles. The Hall–Kier alpha value is -2.32. The number of allylic oxidation sites excluding steroid dienone is 13. The van der Waals surface area contributed by atoms with Gasteiger partial charge in [0.15, 0.2) is 0 Å². The molecule has 0 radical (unpaired) electrons. The van der Waals surface area contributed by atoms with Crippen LogP contribution >= 0.6 is 7.82 Å².